The third-order valence-electron chi connectivity index (χ3n) is 3.63. The van der Waals surface area contributed by atoms with E-state index in [1.165, 1.54) is 30.3 Å². The van der Waals surface area contributed by atoms with Gasteiger partial charge in [0, 0.05) is 12.3 Å². The Kier molecular flexibility index (Phi) is 4.51. The van der Waals surface area contributed by atoms with Gasteiger partial charge >= 0.3 is 10.1 Å². The van der Waals surface area contributed by atoms with Gasteiger partial charge in [0.05, 0.1) is 10.0 Å². The Morgan fingerprint density at radius 3 is 2.56 bits per heavy atom. The summed E-state index contributed by atoms with van der Waals surface area (Å²) in [4.78, 5) is 8.40. The fourth-order valence-corrected chi connectivity index (χ4v) is 3.68. The lowest BCUT2D eigenvalue weighted by Crippen LogP contribution is -2.09. The van der Waals surface area contributed by atoms with E-state index < -0.39 is 10.1 Å². The molecule has 2 aromatic carbocycles. The third-order valence-corrected chi connectivity index (χ3v) is 5.61. The molecule has 0 saturated heterocycles. The molecule has 0 saturated carbocycles. The Bertz CT molecular complexity index is 1240. The van der Waals surface area contributed by atoms with E-state index in [4.69, 9.17) is 31.8 Å². The van der Waals surface area contributed by atoms with E-state index in [9.17, 15) is 8.42 Å². The van der Waals surface area contributed by atoms with Gasteiger partial charge in [-0.15, -0.1) is 0 Å². The Hall–Kier alpha value is -2.61. The monoisotopic (exact) mass is 420 g/mol. The maximum absolute atomic E-state index is 12.4. The first-order valence-electron chi connectivity index (χ1n) is 7.64. The predicted octanol–water partition coefficient (Wildman–Crippen LogP) is 4.96. The zero-order chi connectivity index (χ0) is 19.0. The predicted molar refractivity (Wildman–Crippen MR) is 102 cm³/mol. The molecule has 0 aliphatic rings. The molecule has 4 aromatic rings. The van der Waals surface area contributed by atoms with Gasteiger partial charge in [-0.05, 0) is 42.5 Å². The lowest BCUT2D eigenvalue weighted by Gasteiger charge is -2.07. The molecule has 4 rings (SSSR count). The van der Waals surface area contributed by atoms with Crippen molar-refractivity contribution < 1.29 is 17.0 Å². The van der Waals surface area contributed by atoms with E-state index in [2.05, 4.69) is 9.97 Å². The molecule has 0 aliphatic heterocycles. The number of nitrogens with zero attached hydrogens (tertiary/aromatic N) is 2. The minimum absolute atomic E-state index is 0.0808. The molecule has 6 nitrogen and oxygen atoms in total. The first-order valence-corrected chi connectivity index (χ1v) is 9.80. The van der Waals surface area contributed by atoms with Crippen LogP contribution in [0.15, 0.2) is 70.1 Å². The van der Waals surface area contributed by atoms with Crippen LogP contribution in [0.3, 0.4) is 0 Å². The molecule has 0 fully saturated rings. The Labute approximate surface area is 164 Å². The van der Waals surface area contributed by atoms with Gasteiger partial charge in [-0.1, -0.05) is 29.3 Å². The minimum atomic E-state index is -4.08. The van der Waals surface area contributed by atoms with Gasteiger partial charge in [-0.2, -0.15) is 8.42 Å². The number of hydrogen-bond acceptors (Lipinski definition) is 6. The molecule has 0 bridgehead atoms. The number of oxazole rings is 1. The fraction of sp³-hybridized carbons (Fsp3) is 0. The van der Waals surface area contributed by atoms with Gasteiger partial charge in [0.25, 0.3) is 0 Å². The standard InChI is InChI=1S/C18H10Cl2N2O4S/c19-13-6-5-12(10-14(13)20)27(23,24)26-11-4-7-15-17(9-11)25-18(22-15)16-3-1-2-8-21-16/h1-10H. The van der Waals surface area contributed by atoms with Crippen molar-refractivity contribution in [1.82, 2.24) is 9.97 Å². The van der Waals surface area contributed by atoms with Crippen LogP contribution in [-0.4, -0.2) is 18.4 Å². The highest BCUT2D eigenvalue weighted by Crippen LogP contribution is 2.29. The number of hydrogen-bond donors (Lipinski definition) is 0. The lowest BCUT2D eigenvalue weighted by atomic mass is 10.3. The second-order valence-corrected chi connectivity index (χ2v) is 7.84. The summed E-state index contributed by atoms with van der Waals surface area (Å²) in [6.07, 6.45) is 1.63. The normalized spacial score (nSPS) is 11.6. The maximum Gasteiger partial charge on any atom is 0.339 e. The van der Waals surface area contributed by atoms with Crippen molar-refractivity contribution in [2.75, 3.05) is 0 Å². The van der Waals surface area contributed by atoms with Gasteiger partial charge in [0.2, 0.25) is 5.89 Å². The zero-order valence-electron chi connectivity index (χ0n) is 13.5. The van der Waals surface area contributed by atoms with Crippen LogP contribution >= 0.6 is 23.2 Å². The van der Waals surface area contributed by atoms with Gasteiger partial charge in [-0.25, -0.2) is 4.98 Å². The summed E-state index contributed by atoms with van der Waals surface area (Å²) in [7, 11) is -4.08. The number of rotatable bonds is 4. The first kappa shape index (κ1) is 17.8. The second-order valence-electron chi connectivity index (χ2n) is 5.48. The molecule has 0 aliphatic carbocycles. The van der Waals surface area contributed by atoms with Crippen molar-refractivity contribution in [1.29, 1.82) is 0 Å². The molecule has 27 heavy (non-hydrogen) atoms. The van der Waals surface area contributed by atoms with Crippen molar-refractivity contribution >= 4 is 44.4 Å². The summed E-state index contributed by atoms with van der Waals surface area (Å²) in [5, 5.41) is 0.368. The van der Waals surface area contributed by atoms with Crippen LogP contribution in [0.5, 0.6) is 5.75 Å². The molecule has 2 aromatic heterocycles. The molecule has 0 N–H and O–H groups in total. The van der Waals surface area contributed by atoms with Crippen LogP contribution in [0.1, 0.15) is 0 Å². The number of fused-ring (bicyclic) bond motifs is 1. The summed E-state index contributed by atoms with van der Waals surface area (Å²) in [6, 6.07) is 13.8. The molecule has 0 amide bonds. The zero-order valence-corrected chi connectivity index (χ0v) is 15.8. The van der Waals surface area contributed by atoms with E-state index in [0.29, 0.717) is 22.7 Å². The smallest absolute Gasteiger partial charge is 0.339 e. The Morgan fingerprint density at radius 1 is 0.963 bits per heavy atom. The minimum Gasteiger partial charge on any atom is -0.435 e. The summed E-state index contributed by atoms with van der Waals surface area (Å²) >= 11 is 11.7. The van der Waals surface area contributed by atoms with Gasteiger partial charge in [-0.3, -0.25) is 4.98 Å². The summed E-state index contributed by atoms with van der Waals surface area (Å²) in [6.45, 7) is 0. The van der Waals surface area contributed by atoms with E-state index >= 15 is 0 Å². The van der Waals surface area contributed by atoms with Crippen molar-refractivity contribution in [3.63, 3.8) is 0 Å². The number of halogens is 2. The van der Waals surface area contributed by atoms with Crippen LogP contribution in [0.2, 0.25) is 10.0 Å². The van der Waals surface area contributed by atoms with E-state index in [1.54, 1.807) is 24.4 Å². The van der Waals surface area contributed by atoms with Crippen LogP contribution in [-0.2, 0) is 10.1 Å². The third kappa shape index (κ3) is 3.62. The highest BCUT2D eigenvalue weighted by atomic mass is 35.5. The van der Waals surface area contributed by atoms with Crippen LogP contribution in [0.25, 0.3) is 22.7 Å². The lowest BCUT2D eigenvalue weighted by molar-refractivity contribution is 0.486. The second kappa shape index (κ2) is 6.84. The molecule has 2 heterocycles. The molecule has 136 valence electrons. The van der Waals surface area contributed by atoms with Crippen molar-refractivity contribution in [3.8, 4) is 17.3 Å². The molecule has 9 heteroatoms. The molecule has 0 unspecified atom stereocenters. The number of aromatic nitrogens is 2. The average Bonchev–Trinajstić information content (AvgIpc) is 3.07. The van der Waals surface area contributed by atoms with E-state index in [0.717, 1.165) is 0 Å². The first-order chi connectivity index (χ1) is 12.9. The molecule has 0 spiro atoms. The van der Waals surface area contributed by atoms with E-state index in [-0.39, 0.29) is 20.7 Å². The Morgan fingerprint density at radius 2 is 1.81 bits per heavy atom. The number of benzene rings is 2. The Balaban J connectivity index is 1.67. The van der Waals surface area contributed by atoms with Crippen molar-refractivity contribution in [3.05, 3.63) is 70.8 Å². The van der Waals surface area contributed by atoms with Gasteiger partial charge < -0.3 is 8.60 Å². The molecular formula is C18H10Cl2N2O4S. The van der Waals surface area contributed by atoms with Crippen molar-refractivity contribution in [2.24, 2.45) is 0 Å². The molecule has 0 atom stereocenters. The van der Waals surface area contributed by atoms with Gasteiger partial charge in [0.1, 0.15) is 21.9 Å². The summed E-state index contributed by atoms with van der Waals surface area (Å²) in [5.41, 5.74) is 1.49. The largest absolute Gasteiger partial charge is 0.435 e. The van der Waals surface area contributed by atoms with Crippen LogP contribution in [0.4, 0.5) is 0 Å². The maximum atomic E-state index is 12.4. The summed E-state index contributed by atoms with van der Waals surface area (Å²) < 4.78 is 35.7. The fourth-order valence-electron chi connectivity index (χ4n) is 2.36. The summed E-state index contributed by atoms with van der Waals surface area (Å²) in [5.74, 6) is 0.410. The average molecular weight is 421 g/mol. The van der Waals surface area contributed by atoms with E-state index in [1.807, 2.05) is 6.07 Å². The quantitative estimate of drug-likeness (QED) is 0.433. The highest BCUT2D eigenvalue weighted by molar-refractivity contribution is 7.87. The van der Waals surface area contributed by atoms with Gasteiger partial charge in [0.15, 0.2) is 5.58 Å². The molecular weight excluding hydrogens is 411 g/mol. The highest BCUT2D eigenvalue weighted by Gasteiger charge is 2.19. The van der Waals surface area contributed by atoms with Crippen LogP contribution < -0.4 is 4.18 Å². The number of pyridine rings is 1. The molecule has 0 radical (unpaired) electrons. The van der Waals surface area contributed by atoms with Crippen LogP contribution in [0, 0.1) is 0 Å². The van der Waals surface area contributed by atoms with Crippen molar-refractivity contribution in [2.45, 2.75) is 4.90 Å². The topological polar surface area (TPSA) is 82.3 Å². The SMILES string of the molecule is O=S(=O)(Oc1ccc2nc(-c3ccccn3)oc2c1)c1ccc(Cl)c(Cl)c1.